The lowest BCUT2D eigenvalue weighted by atomic mass is 10.1. The fourth-order valence-corrected chi connectivity index (χ4v) is 5.24. The number of hydrogen-bond acceptors (Lipinski definition) is 4. The number of benzene rings is 2. The molecule has 158 valence electrons. The minimum Gasteiger partial charge on any atom is -0.376 e. The first kappa shape index (κ1) is 20.9. The van der Waals surface area contributed by atoms with E-state index in [0.29, 0.717) is 23.4 Å². The summed E-state index contributed by atoms with van der Waals surface area (Å²) in [6.07, 6.45) is 3.22. The molecule has 30 heavy (non-hydrogen) atoms. The van der Waals surface area contributed by atoms with Crippen LogP contribution in [0.4, 0.5) is 5.69 Å². The third kappa shape index (κ3) is 4.87. The zero-order chi connectivity index (χ0) is 20.9. The summed E-state index contributed by atoms with van der Waals surface area (Å²) in [4.78, 5) is 28.1. The molecule has 2 amide bonds. The van der Waals surface area contributed by atoms with Crippen molar-refractivity contribution in [3.63, 3.8) is 0 Å². The molecule has 0 aliphatic carbocycles. The Morgan fingerprint density at radius 3 is 2.67 bits per heavy atom. The molecule has 2 aliphatic heterocycles. The van der Waals surface area contributed by atoms with Crippen LogP contribution in [-0.2, 0) is 4.74 Å². The molecule has 2 heterocycles. The third-order valence-electron chi connectivity index (χ3n) is 5.80. The van der Waals surface area contributed by atoms with E-state index in [2.05, 4.69) is 5.32 Å². The highest BCUT2D eigenvalue weighted by atomic mass is 32.2. The summed E-state index contributed by atoms with van der Waals surface area (Å²) in [6, 6.07) is 14.9. The van der Waals surface area contributed by atoms with Crippen molar-refractivity contribution in [3.05, 3.63) is 65.2 Å². The van der Waals surface area contributed by atoms with Crippen LogP contribution in [0.2, 0.25) is 0 Å². The monoisotopic (exact) mass is 424 g/mol. The van der Waals surface area contributed by atoms with Gasteiger partial charge in [0.15, 0.2) is 0 Å². The van der Waals surface area contributed by atoms with Gasteiger partial charge in [-0.1, -0.05) is 24.3 Å². The SMILES string of the molecule is Cc1ccc(C(=O)N(CC2CCCO2)C2CCSC2)cc1NC(=O)c1ccccc1. The predicted molar refractivity (Wildman–Crippen MR) is 121 cm³/mol. The second kappa shape index (κ2) is 9.67. The van der Waals surface area contributed by atoms with E-state index in [-0.39, 0.29) is 24.0 Å². The van der Waals surface area contributed by atoms with E-state index in [9.17, 15) is 9.59 Å². The molecule has 2 atom stereocenters. The number of nitrogens with zero attached hydrogens (tertiary/aromatic N) is 1. The highest BCUT2D eigenvalue weighted by Gasteiger charge is 2.31. The third-order valence-corrected chi connectivity index (χ3v) is 6.95. The summed E-state index contributed by atoms with van der Waals surface area (Å²) in [5.74, 6) is 1.91. The van der Waals surface area contributed by atoms with E-state index in [1.165, 1.54) is 0 Å². The maximum atomic E-state index is 13.5. The Kier molecular flexibility index (Phi) is 6.75. The zero-order valence-corrected chi connectivity index (χ0v) is 18.1. The van der Waals surface area contributed by atoms with Gasteiger partial charge in [0.05, 0.1) is 6.10 Å². The number of rotatable bonds is 6. The number of amides is 2. The van der Waals surface area contributed by atoms with Crippen molar-refractivity contribution in [2.24, 2.45) is 0 Å². The van der Waals surface area contributed by atoms with Crippen molar-refractivity contribution in [2.75, 3.05) is 30.0 Å². The van der Waals surface area contributed by atoms with Crippen LogP contribution < -0.4 is 5.32 Å². The largest absolute Gasteiger partial charge is 0.376 e. The molecule has 0 saturated carbocycles. The number of anilines is 1. The summed E-state index contributed by atoms with van der Waals surface area (Å²) in [6.45, 7) is 3.36. The normalized spacial score (nSPS) is 20.8. The Bertz CT molecular complexity index is 891. The lowest BCUT2D eigenvalue weighted by Gasteiger charge is -2.31. The van der Waals surface area contributed by atoms with E-state index in [1.54, 1.807) is 12.1 Å². The first-order valence-corrected chi connectivity index (χ1v) is 11.7. The number of aryl methyl sites for hydroxylation is 1. The van der Waals surface area contributed by atoms with Crippen molar-refractivity contribution >= 4 is 29.3 Å². The Balaban J connectivity index is 1.54. The van der Waals surface area contributed by atoms with Crippen LogP contribution >= 0.6 is 11.8 Å². The van der Waals surface area contributed by atoms with Crippen LogP contribution in [0.5, 0.6) is 0 Å². The van der Waals surface area contributed by atoms with E-state index in [0.717, 1.165) is 42.9 Å². The van der Waals surface area contributed by atoms with Crippen LogP contribution in [0, 0.1) is 6.92 Å². The quantitative estimate of drug-likeness (QED) is 0.748. The summed E-state index contributed by atoms with van der Waals surface area (Å²) in [5, 5.41) is 2.96. The number of nitrogens with one attached hydrogen (secondary N) is 1. The molecular formula is C24H28N2O3S. The molecule has 6 heteroatoms. The molecule has 2 fully saturated rings. The molecule has 0 bridgehead atoms. The molecule has 2 aromatic rings. The molecule has 2 saturated heterocycles. The lowest BCUT2D eigenvalue weighted by molar-refractivity contribution is 0.0442. The average molecular weight is 425 g/mol. The summed E-state index contributed by atoms with van der Waals surface area (Å²) >= 11 is 1.90. The van der Waals surface area contributed by atoms with E-state index < -0.39 is 0 Å². The van der Waals surface area contributed by atoms with Crippen LogP contribution in [-0.4, -0.2) is 53.5 Å². The van der Waals surface area contributed by atoms with Gasteiger partial charge in [0, 0.05) is 41.8 Å². The Morgan fingerprint density at radius 2 is 1.97 bits per heavy atom. The van der Waals surface area contributed by atoms with E-state index in [1.807, 2.05) is 60.0 Å². The summed E-state index contributed by atoms with van der Waals surface area (Å²) < 4.78 is 5.82. The van der Waals surface area contributed by atoms with E-state index in [4.69, 9.17) is 4.74 Å². The summed E-state index contributed by atoms with van der Waals surface area (Å²) in [5.41, 5.74) is 2.81. The lowest BCUT2D eigenvalue weighted by Crippen LogP contribution is -2.44. The smallest absolute Gasteiger partial charge is 0.255 e. The Labute approximate surface area is 182 Å². The molecule has 5 nitrogen and oxygen atoms in total. The Hall–Kier alpha value is -2.31. The average Bonchev–Trinajstić information content (AvgIpc) is 3.48. The molecule has 0 spiro atoms. The number of carbonyl (C=O) groups excluding carboxylic acids is 2. The van der Waals surface area contributed by atoms with Crippen molar-refractivity contribution in [3.8, 4) is 0 Å². The van der Waals surface area contributed by atoms with Gasteiger partial charge in [0.25, 0.3) is 11.8 Å². The van der Waals surface area contributed by atoms with Gasteiger partial charge < -0.3 is 15.0 Å². The van der Waals surface area contributed by atoms with Gasteiger partial charge in [-0.05, 0) is 61.8 Å². The van der Waals surface area contributed by atoms with Crippen LogP contribution in [0.3, 0.4) is 0 Å². The Morgan fingerprint density at radius 1 is 1.13 bits per heavy atom. The van der Waals surface area contributed by atoms with Crippen molar-refractivity contribution in [1.82, 2.24) is 4.90 Å². The first-order chi connectivity index (χ1) is 14.6. The predicted octanol–water partition coefficient (Wildman–Crippen LogP) is 4.37. The number of thioether (sulfide) groups is 1. The standard InChI is InChI=1S/C24H28N2O3S/c1-17-9-10-19(14-22(17)25-23(27)18-6-3-2-4-7-18)24(28)26(20-11-13-30-16-20)15-21-8-5-12-29-21/h2-4,6-7,9-10,14,20-21H,5,8,11-13,15-16H2,1H3,(H,25,27). The molecular weight excluding hydrogens is 396 g/mol. The highest BCUT2D eigenvalue weighted by molar-refractivity contribution is 7.99. The minimum absolute atomic E-state index is 0.0215. The second-order valence-electron chi connectivity index (χ2n) is 7.96. The zero-order valence-electron chi connectivity index (χ0n) is 17.3. The van der Waals surface area contributed by atoms with E-state index >= 15 is 0 Å². The number of carbonyl (C=O) groups is 2. The van der Waals surface area contributed by atoms with Gasteiger partial charge in [-0.2, -0.15) is 11.8 Å². The fraction of sp³-hybridized carbons (Fsp3) is 0.417. The van der Waals surface area contributed by atoms with Crippen molar-refractivity contribution < 1.29 is 14.3 Å². The maximum Gasteiger partial charge on any atom is 0.255 e. The van der Waals surface area contributed by atoms with Gasteiger partial charge in [0.1, 0.15) is 0 Å². The molecule has 0 aromatic heterocycles. The van der Waals surface area contributed by atoms with Crippen molar-refractivity contribution in [1.29, 1.82) is 0 Å². The van der Waals surface area contributed by atoms with Gasteiger partial charge >= 0.3 is 0 Å². The minimum atomic E-state index is -0.174. The first-order valence-electron chi connectivity index (χ1n) is 10.6. The molecule has 2 unspecified atom stereocenters. The molecule has 1 N–H and O–H groups in total. The topological polar surface area (TPSA) is 58.6 Å². The molecule has 0 radical (unpaired) electrons. The second-order valence-corrected chi connectivity index (χ2v) is 9.11. The van der Waals surface area contributed by atoms with Crippen molar-refractivity contribution in [2.45, 2.75) is 38.3 Å². The van der Waals surface area contributed by atoms with Gasteiger partial charge in [-0.25, -0.2) is 0 Å². The summed E-state index contributed by atoms with van der Waals surface area (Å²) in [7, 11) is 0. The van der Waals surface area contributed by atoms with Crippen LogP contribution in [0.25, 0.3) is 0 Å². The number of ether oxygens (including phenoxy) is 1. The maximum absolute atomic E-state index is 13.5. The number of hydrogen-bond donors (Lipinski definition) is 1. The highest BCUT2D eigenvalue weighted by Crippen LogP contribution is 2.27. The fourth-order valence-electron chi connectivity index (χ4n) is 4.01. The van der Waals surface area contributed by atoms with Gasteiger partial charge in [-0.15, -0.1) is 0 Å². The van der Waals surface area contributed by atoms with Gasteiger partial charge in [0.2, 0.25) is 0 Å². The molecule has 4 rings (SSSR count). The molecule has 2 aliphatic rings. The van der Waals surface area contributed by atoms with Crippen LogP contribution in [0.15, 0.2) is 48.5 Å². The molecule has 2 aromatic carbocycles. The van der Waals surface area contributed by atoms with Gasteiger partial charge in [-0.3, -0.25) is 9.59 Å². The van der Waals surface area contributed by atoms with Crippen LogP contribution in [0.1, 0.15) is 45.5 Å².